The average molecular weight is 482 g/mol. The van der Waals surface area contributed by atoms with Gasteiger partial charge in [-0.15, -0.1) is 0 Å². The fourth-order valence-corrected chi connectivity index (χ4v) is 4.86. The average Bonchev–Trinajstić information content (AvgIpc) is 3.12. The van der Waals surface area contributed by atoms with Crippen LogP contribution in [-0.2, 0) is 25.4 Å². The zero-order valence-electron chi connectivity index (χ0n) is 17.0. The normalized spacial score (nSPS) is 15.9. The van der Waals surface area contributed by atoms with E-state index in [0.717, 1.165) is 20.3 Å². The minimum absolute atomic E-state index is 0.105. The summed E-state index contributed by atoms with van der Waals surface area (Å²) in [4.78, 5) is 26.2. The summed E-state index contributed by atoms with van der Waals surface area (Å²) in [6, 6.07) is 14.7. The van der Waals surface area contributed by atoms with Gasteiger partial charge in [-0.25, -0.2) is 4.79 Å². The van der Waals surface area contributed by atoms with E-state index >= 15 is 0 Å². The van der Waals surface area contributed by atoms with E-state index in [2.05, 4.69) is 15.9 Å². The van der Waals surface area contributed by atoms with Crippen molar-refractivity contribution in [1.29, 1.82) is 0 Å². The lowest BCUT2D eigenvalue weighted by Gasteiger charge is -2.28. The van der Waals surface area contributed by atoms with E-state index < -0.39 is 11.8 Å². The molecule has 2 aromatic carbocycles. The molecule has 7 nitrogen and oxygen atoms in total. The Morgan fingerprint density at radius 2 is 1.84 bits per heavy atom. The second kappa shape index (κ2) is 7.25. The van der Waals surface area contributed by atoms with Crippen LogP contribution in [0.1, 0.15) is 17.4 Å². The molecule has 3 heterocycles. The number of phenols is 1. The number of hydrogen-bond donors (Lipinski definition) is 1. The van der Waals surface area contributed by atoms with Crippen LogP contribution in [0.25, 0.3) is 22.2 Å². The van der Waals surface area contributed by atoms with Crippen LogP contribution in [0, 0.1) is 0 Å². The van der Waals surface area contributed by atoms with E-state index in [-0.39, 0.29) is 11.3 Å². The molecule has 0 bridgehead atoms. The number of aromatic hydroxyl groups is 1. The Morgan fingerprint density at radius 3 is 2.58 bits per heavy atom. The first kappa shape index (κ1) is 19.8. The standard InChI is InChI=1S/C23H20BrN3O4/c1-25-19-17(22(29)26(2)23(25)30)18(13-6-5-7-14(24)12-13)27-10-11-31-21(20(19)27)15-8-3-4-9-16(15)28/h3-9,12,21,28H,10-11H2,1-2H3. The smallest absolute Gasteiger partial charge is 0.331 e. The summed E-state index contributed by atoms with van der Waals surface area (Å²) in [6.07, 6.45) is -0.615. The van der Waals surface area contributed by atoms with Crippen LogP contribution in [0.2, 0.25) is 0 Å². The minimum atomic E-state index is -0.615. The van der Waals surface area contributed by atoms with Gasteiger partial charge in [0.05, 0.1) is 28.9 Å². The van der Waals surface area contributed by atoms with Gasteiger partial charge in [0.25, 0.3) is 5.56 Å². The van der Waals surface area contributed by atoms with Gasteiger partial charge in [-0.3, -0.25) is 13.9 Å². The molecule has 8 heteroatoms. The fourth-order valence-electron chi connectivity index (χ4n) is 4.46. The number of para-hydroxylation sites is 1. The largest absolute Gasteiger partial charge is 0.508 e. The third-order valence-electron chi connectivity index (χ3n) is 5.87. The highest BCUT2D eigenvalue weighted by Crippen LogP contribution is 2.42. The SMILES string of the molecule is Cn1c(=O)c2c(-c3cccc(Br)c3)n3c(c2n(C)c1=O)C(c1ccccc1O)OCC3. The summed E-state index contributed by atoms with van der Waals surface area (Å²) < 4.78 is 11.7. The Morgan fingerprint density at radius 1 is 1.06 bits per heavy atom. The second-order valence-electron chi connectivity index (χ2n) is 7.63. The van der Waals surface area contributed by atoms with Gasteiger partial charge >= 0.3 is 5.69 Å². The number of rotatable bonds is 2. The van der Waals surface area contributed by atoms with Crippen molar-refractivity contribution >= 4 is 26.8 Å². The molecule has 2 aromatic heterocycles. The Hall–Kier alpha value is -3.10. The lowest BCUT2D eigenvalue weighted by Crippen LogP contribution is -2.37. The van der Waals surface area contributed by atoms with Gasteiger partial charge in [0.15, 0.2) is 0 Å². The molecule has 0 amide bonds. The molecule has 5 rings (SSSR count). The Balaban J connectivity index is 1.98. The zero-order chi connectivity index (χ0) is 21.9. The number of halogens is 1. The first-order chi connectivity index (χ1) is 14.9. The van der Waals surface area contributed by atoms with Gasteiger partial charge in [0, 0.05) is 36.2 Å². The number of nitrogens with zero attached hydrogens (tertiary/aromatic N) is 3. The molecule has 4 aromatic rings. The molecule has 1 unspecified atom stereocenters. The van der Waals surface area contributed by atoms with Crippen molar-refractivity contribution in [3.05, 3.63) is 85.1 Å². The van der Waals surface area contributed by atoms with E-state index in [1.807, 2.05) is 34.9 Å². The van der Waals surface area contributed by atoms with Gasteiger partial charge in [-0.1, -0.05) is 46.3 Å². The summed E-state index contributed by atoms with van der Waals surface area (Å²) >= 11 is 3.52. The highest BCUT2D eigenvalue weighted by Gasteiger charge is 2.34. The number of aromatic nitrogens is 3. The molecule has 158 valence electrons. The molecule has 0 spiro atoms. The third-order valence-corrected chi connectivity index (χ3v) is 6.36. The van der Waals surface area contributed by atoms with Gasteiger partial charge in [0.2, 0.25) is 0 Å². The lowest BCUT2D eigenvalue weighted by molar-refractivity contribution is 0.0464. The van der Waals surface area contributed by atoms with E-state index in [9.17, 15) is 14.7 Å². The predicted molar refractivity (Wildman–Crippen MR) is 121 cm³/mol. The van der Waals surface area contributed by atoms with Crippen molar-refractivity contribution in [1.82, 2.24) is 13.7 Å². The first-order valence-electron chi connectivity index (χ1n) is 9.87. The molecular formula is C23H20BrN3O4. The quantitative estimate of drug-likeness (QED) is 0.476. The molecule has 31 heavy (non-hydrogen) atoms. The first-order valence-corrected chi connectivity index (χ1v) is 10.7. The summed E-state index contributed by atoms with van der Waals surface area (Å²) in [5.74, 6) is 0.105. The summed E-state index contributed by atoms with van der Waals surface area (Å²) in [5.41, 5.74) is 2.65. The van der Waals surface area contributed by atoms with Crippen molar-refractivity contribution in [2.75, 3.05) is 6.61 Å². The number of phenolic OH excluding ortho intramolecular Hbond substituents is 1. The van der Waals surface area contributed by atoms with E-state index in [1.165, 1.54) is 11.6 Å². The fraction of sp³-hybridized carbons (Fsp3) is 0.217. The molecule has 0 aliphatic carbocycles. The van der Waals surface area contributed by atoms with Crippen LogP contribution in [0.4, 0.5) is 0 Å². The van der Waals surface area contributed by atoms with Crippen molar-refractivity contribution in [3.63, 3.8) is 0 Å². The van der Waals surface area contributed by atoms with Gasteiger partial charge in [-0.05, 0) is 18.2 Å². The molecule has 1 aliphatic heterocycles. The number of fused-ring (bicyclic) bond motifs is 3. The van der Waals surface area contributed by atoms with E-state index in [0.29, 0.717) is 35.3 Å². The second-order valence-corrected chi connectivity index (χ2v) is 8.55. The molecule has 1 atom stereocenters. The zero-order valence-corrected chi connectivity index (χ0v) is 18.6. The Kier molecular flexibility index (Phi) is 4.64. The molecule has 0 radical (unpaired) electrons. The summed E-state index contributed by atoms with van der Waals surface area (Å²) in [5, 5.41) is 11.0. The van der Waals surface area contributed by atoms with Crippen LogP contribution in [0.5, 0.6) is 5.75 Å². The van der Waals surface area contributed by atoms with Crippen LogP contribution in [-0.4, -0.2) is 25.4 Å². The maximum absolute atomic E-state index is 13.3. The number of ether oxygens (including phenoxy) is 1. The third kappa shape index (κ3) is 2.90. The van der Waals surface area contributed by atoms with Crippen molar-refractivity contribution in [3.8, 4) is 17.0 Å². The van der Waals surface area contributed by atoms with Crippen molar-refractivity contribution in [2.45, 2.75) is 12.6 Å². The Labute approximate surface area is 185 Å². The van der Waals surface area contributed by atoms with Gasteiger partial charge in [-0.2, -0.15) is 0 Å². The van der Waals surface area contributed by atoms with Gasteiger partial charge in [0.1, 0.15) is 11.9 Å². The van der Waals surface area contributed by atoms with E-state index in [4.69, 9.17) is 4.74 Å². The van der Waals surface area contributed by atoms with Crippen LogP contribution < -0.4 is 11.2 Å². The number of hydrogen-bond acceptors (Lipinski definition) is 4. The lowest BCUT2D eigenvalue weighted by atomic mass is 10.0. The maximum atomic E-state index is 13.3. The molecule has 0 fully saturated rings. The van der Waals surface area contributed by atoms with Crippen molar-refractivity contribution in [2.24, 2.45) is 14.1 Å². The van der Waals surface area contributed by atoms with Gasteiger partial charge < -0.3 is 14.4 Å². The number of aryl methyl sites for hydroxylation is 1. The molecule has 0 saturated carbocycles. The number of benzene rings is 2. The highest BCUT2D eigenvalue weighted by molar-refractivity contribution is 9.10. The highest BCUT2D eigenvalue weighted by atomic mass is 79.9. The van der Waals surface area contributed by atoms with Crippen LogP contribution >= 0.6 is 15.9 Å². The predicted octanol–water partition coefficient (Wildman–Crippen LogP) is 3.29. The van der Waals surface area contributed by atoms with Crippen LogP contribution in [0.3, 0.4) is 0 Å². The monoisotopic (exact) mass is 481 g/mol. The molecule has 1 N–H and O–H groups in total. The van der Waals surface area contributed by atoms with Crippen LogP contribution in [0.15, 0.2) is 62.6 Å². The topological polar surface area (TPSA) is 78.4 Å². The minimum Gasteiger partial charge on any atom is -0.508 e. The maximum Gasteiger partial charge on any atom is 0.331 e. The molecule has 0 saturated heterocycles. The molecule has 1 aliphatic rings. The summed E-state index contributed by atoms with van der Waals surface area (Å²) in [6.45, 7) is 0.926. The van der Waals surface area contributed by atoms with E-state index in [1.54, 1.807) is 25.2 Å². The molecular weight excluding hydrogens is 462 g/mol. The summed E-state index contributed by atoms with van der Waals surface area (Å²) in [7, 11) is 3.15. The Bertz CT molecular complexity index is 1460. The van der Waals surface area contributed by atoms with Crippen molar-refractivity contribution < 1.29 is 9.84 Å².